The lowest BCUT2D eigenvalue weighted by atomic mass is 9.89. The first kappa shape index (κ1) is 13.0. The van der Waals surface area contributed by atoms with Crippen LogP contribution in [0.15, 0.2) is 18.2 Å². The lowest BCUT2D eigenvalue weighted by molar-refractivity contribution is -0.142. The maximum absolute atomic E-state index is 11.3. The Bertz CT molecular complexity index is 584. The topological polar surface area (TPSA) is 83.6 Å². The minimum Gasteiger partial charge on any atom is -0.481 e. The van der Waals surface area contributed by atoms with Crippen LogP contribution < -0.4 is 10.6 Å². The second-order valence-corrected chi connectivity index (χ2v) is 5.75. The minimum atomic E-state index is -0.701. The van der Waals surface area contributed by atoms with E-state index in [0.717, 1.165) is 30.5 Å². The van der Waals surface area contributed by atoms with Crippen molar-refractivity contribution in [2.45, 2.75) is 38.3 Å². The van der Waals surface area contributed by atoms with Crippen molar-refractivity contribution in [3.05, 3.63) is 29.3 Å². The van der Waals surface area contributed by atoms with Gasteiger partial charge in [-0.2, -0.15) is 0 Å². The minimum absolute atomic E-state index is 0.0799. The summed E-state index contributed by atoms with van der Waals surface area (Å²) in [7, 11) is 0. The Labute approximate surface area is 117 Å². The number of nitrogens with two attached hydrogens (primary N) is 1. The number of rotatable bonds is 3. The fourth-order valence-corrected chi connectivity index (χ4v) is 3.74. The molecule has 2 bridgehead atoms. The number of aliphatic carboxylic acids is 1. The van der Waals surface area contributed by atoms with Crippen molar-refractivity contribution < 1.29 is 14.7 Å². The average molecular weight is 274 g/mol. The Morgan fingerprint density at radius 3 is 2.65 bits per heavy atom. The second kappa shape index (κ2) is 4.51. The van der Waals surface area contributed by atoms with Crippen molar-refractivity contribution in [1.29, 1.82) is 0 Å². The van der Waals surface area contributed by atoms with E-state index >= 15 is 0 Å². The Morgan fingerprint density at radius 1 is 1.35 bits per heavy atom. The molecule has 1 aromatic carbocycles. The van der Waals surface area contributed by atoms with Gasteiger partial charge in [0.05, 0.1) is 5.92 Å². The molecule has 20 heavy (non-hydrogen) atoms. The molecule has 106 valence electrons. The third kappa shape index (κ3) is 1.85. The molecular weight excluding hydrogens is 256 g/mol. The van der Waals surface area contributed by atoms with Gasteiger partial charge in [0, 0.05) is 23.3 Å². The van der Waals surface area contributed by atoms with Gasteiger partial charge in [0.25, 0.3) is 0 Å². The summed E-state index contributed by atoms with van der Waals surface area (Å²) in [5.41, 5.74) is 7.68. The van der Waals surface area contributed by atoms with Gasteiger partial charge in [-0.3, -0.25) is 9.59 Å². The second-order valence-electron chi connectivity index (χ2n) is 5.75. The van der Waals surface area contributed by atoms with E-state index in [2.05, 4.69) is 4.90 Å². The molecular formula is C15H18N2O3. The molecule has 1 amide bonds. The molecule has 5 nitrogen and oxygen atoms in total. The van der Waals surface area contributed by atoms with Crippen molar-refractivity contribution >= 4 is 17.6 Å². The highest BCUT2D eigenvalue weighted by atomic mass is 16.4. The first-order chi connectivity index (χ1) is 9.49. The number of carbonyl (C=O) groups is 2. The number of hydrogen-bond donors (Lipinski definition) is 2. The molecule has 2 fully saturated rings. The highest BCUT2D eigenvalue weighted by Crippen LogP contribution is 2.44. The summed E-state index contributed by atoms with van der Waals surface area (Å²) in [6.07, 6.45) is 2.69. The van der Waals surface area contributed by atoms with Crippen LogP contribution in [0.1, 0.15) is 35.2 Å². The van der Waals surface area contributed by atoms with Gasteiger partial charge in [-0.25, -0.2) is 0 Å². The van der Waals surface area contributed by atoms with E-state index in [9.17, 15) is 14.7 Å². The van der Waals surface area contributed by atoms with Crippen molar-refractivity contribution in [2.75, 3.05) is 4.90 Å². The largest absolute Gasteiger partial charge is 0.481 e. The normalized spacial score (nSPS) is 27.9. The molecule has 2 aliphatic rings. The third-order valence-corrected chi connectivity index (χ3v) is 4.63. The van der Waals surface area contributed by atoms with E-state index in [1.54, 1.807) is 6.07 Å². The van der Waals surface area contributed by atoms with Crippen LogP contribution in [0.25, 0.3) is 0 Å². The van der Waals surface area contributed by atoms with Crippen LogP contribution >= 0.6 is 0 Å². The Hall–Kier alpha value is -2.04. The molecule has 1 aromatic rings. The van der Waals surface area contributed by atoms with Crippen LogP contribution in [0, 0.1) is 12.8 Å². The van der Waals surface area contributed by atoms with E-state index in [-0.39, 0.29) is 12.0 Å². The number of hydrogen-bond acceptors (Lipinski definition) is 3. The first-order valence-corrected chi connectivity index (χ1v) is 6.90. The first-order valence-electron chi connectivity index (χ1n) is 6.90. The monoisotopic (exact) mass is 274 g/mol. The van der Waals surface area contributed by atoms with E-state index in [1.165, 1.54) is 0 Å². The molecule has 0 aliphatic carbocycles. The van der Waals surface area contributed by atoms with Crippen molar-refractivity contribution in [3.8, 4) is 0 Å². The molecule has 0 radical (unpaired) electrons. The Kier molecular flexibility index (Phi) is 2.92. The molecule has 0 saturated carbocycles. The number of amides is 1. The maximum Gasteiger partial charge on any atom is 0.308 e. The highest BCUT2D eigenvalue weighted by molar-refractivity contribution is 5.94. The summed E-state index contributed by atoms with van der Waals surface area (Å²) >= 11 is 0. The number of nitrogens with zero attached hydrogens (tertiary/aromatic N) is 1. The number of carbonyl (C=O) groups excluding carboxylic acids is 1. The fraction of sp³-hybridized carbons (Fsp3) is 0.467. The van der Waals surface area contributed by atoms with E-state index < -0.39 is 11.9 Å². The standard InChI is InChI=1S/C15H18N2O3/c1-8-6-9(2-4-11(8)14(16)18)17-10-3-5-13(17)12(7-10)15(19)20/h2,4,6,10,12-13H,3,5,7H2,1H3,(H2,16,18)(H,19,20). The Balaban J connectivity index is 1.93. The number of fused-ring (bicyclic) bond motifs is 2. The van der Waals surface area contributed by atoms with Gasteiger partial charge in [-0.1, -0.05) is 0 Å². The third-order valence-electron chi connectivity index (χ3n) is 4.63. The van der Waals surface area contributed by atoms with Crippen LogP contribution in [0.3, 0.4) is 0 Å². The predicted octanol–water partition coefficient (Wildman–Crippen LogP) is 1.54. The molecule has 0 spiro atoms. The summed E-state index contributed by atoms with van der Waals surface area (Å²) in [6.45, 7) is 1.86. The molecule has 2 aliphatic heterocycles. The summed E-state index contributed by atoms with van der Waals surface area (Å²) in [6, 6.07) is 5.94. The van der Waals surface area contributed by atoms with Crippen LogP contribution in [-0.2, 0) is 4.79 Å². The number of anilines is 1. The molecule has 3 unspecified atom stereocenters. The van der Waals surface area contributed by atoms with Crippen LogP contribution in [0.5, 0.6) is 0 Å². The smallest absolute Gasteiger partial charge is 0.308 e. The Morgan fingerprint density at radius 2 is 2.10 bits per heavy atom. The number of primary amides is 1. The van der Waals surface area contributed by atoms with Gasteiger partial charge in [0.2, 0.25) is 5.91 Å². The van der Waals surface area contributed by atoms with Gasteiger partial charge < -0.3 is 15.7 Å². The van der Waals surface area contributed by atoms with Crippen molar-refractivity contribution in [3.63, 3.8) is 0 Å². The van der Waals surface area contributed by atoms with E-state index in [1.807, 2.05) is 19.1 Å². The van der Waals surface area contributed by atoms with Gasteiger partial charge >= 0.3 is 5.97 Å². The SMILES string of the molecule is Cc1cc(N2C3CCC2C(C(=O)O)C3)ccc1C(N)=O. The number of aryl methyl sites for hydroxylation is 1. The fourth-order valence-electron chi connectivity index (χ4n) is 3.74. The zero-order valence-corrected chi connectivity index (χ0v) is 11.4. The van der Waals surface area contributed by atoms with Gasteiger partial charge in [-0.05, 0) is 49.9 Å². The number of benzene rings is 1. The molecule has 2 heterocycles. The average Bonchev–Trinajstić information content (AvgIpc) is 2.95. The molecule has 5 heteroatoms. The van der Waals surface area contributed by atoms with Crippen molar-refractivity contribution in [1.82, 2.24) is 0 Å². The number of carboxylic acid groups (broad SMARTS) is 1. The lowest BCUT2D eigenvalue weighted by Crippen LogP contribution is -2.33. The summed E-state index contributed by atoms with van der Waals surface area (Å²) in [5, 5.41) is 9.28. The molecule has 3 N–H and O–H groups in total. The van der Waals surface area contributed by atoms with Crippen LogP contribution in [-0.4, -0.2) is 29.1 Å². The van der Waals surface area contributed by atoms with E-state index in [4.69, 9.17) is 5.73 Å². The summed E-state index contributed by atoms with van der Waals surface area (Å²) in [5.74, 6) is -1.40. The lowest BCUT2D eigenvalue weighted by Gasteiger charge is -2.26. The zero-order valence-electron chi connectivity index (χ0n) is 11.4. The molecule has 2 saturated heterocycles. The van der Waals surface area contributed by atoms with Gasteiger partial charge in [0.1, 0.15) is 0 Å². The summed E-state index contributed by atoms with van der Waals surface area (Å²) in [4.78, 5) is 24.8. The highest BCUT2D eigenvalue weighted by Gasteiger charge is 2.49. The van der Waals surface area contributed by atoms with Gasteiger partial charge in [0.15, 0.2) is 0 Å². The number of carboxylic acids is 1. The quantitative estimate of drug-likeness (QED) is 0.875. The predicted molar refractivity (Wildman–Crippen MR) is 74.7 cm³/mol. The van der Waals surface area contributed by atoms with Crippen molar-refractivity contribution in [2.24, 2.45) is 11.7 Å². The molecule has 3 rings (SSSR count). The molecule has 0 aromatic heterocycles. The molecule has 3 atom stereocenters. The van der Waals surface area contributed by atoms with Crippen LogP contribution in [0.4, 0.5) is 5.69 Å². The van der Waals surface area contributed by atoms with Gasteiger partial charge in [-0.15, -0.1) is 0 Å². The summed E-state index contributed by atoms with van der Waals surface area (Å²) < 4.78 is 0. The maximum atomic E-state index is 11.3. The van der Waals surface area contributed by atoms with Crippen LogP contribution in [0.2, 0.25) is 0 Å². The van der Waals surface area contributed by atoms with E-state index in [0.29, 0.717) is 11.6 Å². The zero-order chi connectivity index (χ0) is 14.4.